The van der Waals surface area contributed by atoms with Crippen LogP contribution < -0.4 is 10.6 Å². The lowest BCUT2D eigenvalue weighted by atomic mass is 9.86. The summed E-state index contributed by atoms with van der Waals surface area (Å²) in [6.45, 7) is 8.34. The zero-order valence-electron chi connectivity index (χ0n) is 14.8. The zero-order chi connectivity index (χ0) is 17.3. The van der Waals surface area contributed by atoms with Gasteiger partial charge >= 0.3 is 0 Å². The van der Waals surface area contributed by atoms with Crippen LogP contribution in [0.3, 0.4) is 0 Å². The minimum absolute atomic E-state index is 0.151. The lowest BCUT2D eigenvalue weighted by Crippen LogP contribution is -3.15. The number of hydrogen-bond acceptors (Lipinski definition) is 1. The summed E-state index contributed by atoms with van der Waals surface area (Å²) in [7, 11) is 0. The highest BCUT2D eigenvalue weighted by atomic mass is 16.1. The lowest BCUT2D eigenvalue weighted by Gasteiger charge is -2.32. The van der Waals surface area contributed by atoms with Gasteiger partial charge in [0.05, 0.1) is 0 Å². The van der Waals surface area contributed by atoms with Crippen LogP contribution in [-0.2, 0) is 29.7 Å². The van der Waals surface area contributed by atoms with E-state index in [0.29, 0.717) is 0 Å². The van der Waals surface area contributed by atoms with Crippen LogP contribution in [0.4, 0.5) is 0 Å². The van der Waals surface area contributed by atoms with Gasteiger partial charge in [0, 0.05) is 17.5 Å². The van der Waals surface area contributed by atoms with Gasteiger partial charge in [-0.15, -0.1) is 0 Å². The highest BCUT2D eigenvalue weighted by Gasteiger charge is 2.33. The van der Waals surface area contributed by atoms with Crippen LogP contribution in [0.15, 0.2) is 48.5 Å². The Morgan fingerprint density at radius 2 is 1.71 bits per heavy atom. The number of primary amides is 1. The summed E-state index contributed by atoms with van der Waals surface area (Å²) < 4.78 is 0. The molecule has 1 unspecified atom stereocenters. The fraction of sp³-hybridized carbons (Fsp3) is 0.381. The topological polar surface area (TPSA) is 47.5 Å². The number of nitrogens with one attached hydrogen (secondary N) is 1. The maximum absolute atomic E-state index is 12.0. The highest BCUT2D eigenvalue weighted by Crippen LogP contribution is 2.22. The molecule has 2 aromatic rings. The molecule has 0 saturated heterocycles. The fourth-order valence-corrected chi connectivity index (χ4v) is 3.53. The van der Waals surface area contributed by atoms with E-state index in [1.807, 2.05) is 6.07 Å². The summed E-state index contributed by atoms with van der Waals surface area (Å²) in [5.74, 6) is -0.203. The van der Waals surface area contributed by atoms with Crippen molar-refractivity contribution >= 4 is 5.91 Å². The molecule has 0 bridgehead atoms. The second-order valence-electron chi connectivity index (χ2n) is 7.89. The van der Waals surface area contributed by atoms with Gasteiger partial charge in [-0.2, -0.15) is 0 Å². The number of carbonyl (C=O) groups is 1. The van der Waals surface area contributed by atoms with E-state index in [-0.39, 0.29) is 17.4 Å². The highest BCUT2D eigenvalue weighted by molar-refractivity contribution is 5.79. The Labute approximate surface area is 144 Å². The molecule has 3 heteroatoms. The monoisotopic (exact) mass is 323 g/mol. The number of quaternary nitrogens is 1. The SMILES string of the molecule is CC(C)(C)c1ccc(C[NH+]2Cc3ccccc3C[C@@H]2C(N)=O)cc1. The van der Waals surface area contributed by atoms with Crippen molar-refractivity contribution in [3.05, 3.63) is 70.8 Å². The molecule has 1 heterocycles. The first-order chi connectivity index (χ1) is 11.3. The fourth-order valence-electron chi connectivity index (χ4n) is 3.53. The van der Waals surface area contributed by atoms with Crippen molar-refractivity contribution in [2.75, 3.05) is 0 Å². The van der Waals surface area contributed by atoms with E-state index in [0.717, 1.165) is 19.5 Å². The van der Waals surface area contributed by atoms with E-state index in [2.05, 4.69) is 63.2 Å². The molecule has 3 N–H and O–H groups in total. The lowest BCUT2D eigenvalue weighted by molar-refractivity contribution is -0.945. The molecule has 1 amide bonds. The third-order valence-corrected chi connectivity index (χ3v) is 5.05. The van der Waals surface area contributed by atoms with Crippen molar-refractivity contribution in [2.24, 2.45) is 5.73 Å². The van der Waals surface area contributed by atoms with Crippen LogP contribution in [-0.4, -0.2) is 11.9 Å². The molecule has 3 rings (SSSR count). The van der Waals surface area contributed by atoms with Crippen LogP contribution in [0.2, 0.25) is 0 Å². The van der Waals surface area contributed by atoms with E-state index < -0.39 is 0 Å². The minimum atomic E-state index is -0.203. The van der Waals surface area contributed by atoms with Gasteiger partial charge in [-0.05, 0) is 16.5 Å². The number of amides is 1. The molecule has 0 saturated carbocycles. The van der Waals surface area contributed by atoms with Gasteiger partial charge in [-0.25, -0.2) is 0 Å². The first-order valence-electron chi connectivity index (χ1n) is 8.64. The summed E-state index contributed by atoms with van der Waals surface area (Å²) in [4.78, 5) is 13.2. The third-order valence-electron chi connectivity index (χ3n) is 5.05. The number of carbonyl (C=O) groups excluding carboxylic acids is 1. The number of fused-ring (bicyclic) bond motifs is 1. The maximum atomic E-state index is 12.0. The molecule has 24 heavy (non-hydrogen) atoms. The Morgan fingerprint density at radius 1 is 1.08 bits per heavy atom. The van der Waals surface area contributed by atoms with Crippen LogP contribution in [0.5, 0.6) is 0 Å². The van der Waals surface area contributed by atoms with E-state index in [1.165, 1.54) is 27.2 Å². The average molecular weight is 323 g/mol. The first-order valence-corrected chi connectivity index (χ1v) is 8.64. The van der Waals surface area contributed by atoms with Gasteiger partial charge in [0.2, 0.25) is 0 Å². The molecular formula is C21H27N2O+. The molecule has 0 aliphatic carbocycles. The second kappa shape index (κ2) is 6.40. The Bertz CT molecular complexity index is 728. The molecule has 0 fully saturated rings. The molecule has 2 aromatic carbocycles. The Morgan fingerprint density at radius 3 is 2.29 bits per heavy atom. The van der Waals surface area contributed by atoms with Crippen molar-refractivity contribution < 1.29 is 9.69 Å². The standard InChI is InChI=1S/C21H26N2O/c1-21(2,3)18-10-8-15(9-11-18)13-23-14-17-7-5-4-6-16(17)12-19(23)20(22)24/h4-11,19H,12-14H2,1-3H3,(H2,22,24)/p+1/t19-/m1/s1. The van der Waals surface area contributed by atoms with Crippen LogP contribution in [0.25, 0.3) is 0 Å². The molecule has 3 nitrogen and oxygen atoms in total. The number of benzene rings is 2. The summed E-state index contributed by atoms with van der Waals surface area (Å²) in [6.07, 6.45) is 0.737. The smallest absolute Gasteiger partial charge is 0.276 e. The molecule has 0 spiro atoms. The van der Waals surface area contributed by atoms with Crippen molar-refractivity contribution in [2.45, 2.75) is 51.7 Å². The number of hydrogen-bond donors (Lipinski definition) is 2. The Hall–Kier alpha value is -2.13. The molecule has 1 aliphatic heterocycles. The summed E-state index contributed by atoms with van der Waals surface area (Å²) >= 11 is 0. The van der Waals surface area contributed by atoms with Crippen molar-refractivity contribution in [3.63, 3.8) is 0 Å². The van der Waals surface area contributed by atoms with Crippen LogP contribution >= 0.6 is 0 Å². The van der Waals surface area contributed by atoms with E-state index in [4.69, 9.17) is 5.73 Å². The number of nitrogens with two attached hydrogens (primary N) is 1. The van der Waals surface area contributed by atoms with Crippen molar-refractivity contribution in [1.82, 2.24) is 0 Å². The van der Waals surface area contributed by atoms with Gasteiger partial charge in [-0.1, -0.05) is 69.3 Å². The summed E-state index contributed by atoms with van der Waals surface area (Å²) in [6, 6.07) is 17.0. The summed E-state index contributed by atoms with van der Waals surface area (Å²) in [5, 5.41) is 0. The minimum Gasteiger partial charge on any atom is -0.365 e. The quantitative estimate of drug-likeness (QED) is 0.891. The van der Waals surface area contributed by atoms with Gasteiger partial charge < -0.3 is 10.6 Å². The molecule has 1 aliphatic rings. The predicted octanol–water partition coefficient (Wildman–Crippen LogP) is 1.98. The van der Waals surface area contributed by atoms with E-state index >= 15 is 0 Å². The Balaban J connectivity index is 1.81. The van der Waals surface area contributed by atoms with Gasteiger partial charge in [0.15, 0.2) is 6.04 Å². The van der Waals surface area contributed by atoms with Crippen LogP contribution in [0, 0.1) is 0 Å². The van der Waals surface area contributed by atoms with Crippen LogP contribution in [0.1, 0.15) is 43.0 Å². The molecule has 2 atom stereocenters. The van der Waals surface area contributed by atoms with Crippen molar-refractivity contribution in [1.29, 1.82) is 0 Å². The van der Waals surface area contributed by atoms with Gasteiger partial charge in [0.1, 0.15) is 13.1 Å². The predicted molar refractivity (Wildman–Crippen MR) is 96.6 cm³/mol. The second-order valence-corrected chi connectivity index (χ2v) is 7.89. The van der Waals surface area contributed by atoms with E-state index in [1.54, 1.807) is 0 Å². The largest absolute Gasteiger partial charge is 0.365 e. The van der Waals surface area contributed by atoms with Gasteiger partial charge in [-0.3, -0.25) is 4.79 Å². The molecule has 0 aromatic heterocycles. The van der Waals surface area contributed by atoms with Gasteiger partial charge in [0.25, 0.3) is 5.91 Å². The summed E-state index contributed by atoms with van der Waals surface area (Å²) in [5.41, 5.74) is 11.0. The number of rotatable bonds is 3. The molecule has 126 valence electrons. The normalized spacial score (nSPS) is 20.5. The molecular weight excluding hydrogens is 296 g/mol. The van der Waals surface area contributed by atoms with E-state index in [9.17, 15) is 4.79 Å². The average Bonchev–Trinajstić information content (AvgIpc) is 2.53. The van der Waals surface area contributed by atoms with Crippen molar-refractivity contribution in [3.8, 4) is 0 Å². The third kappa shape index (κ3) is 3.51. The Kier molecular flexibility index (Phi) is 4.46. The maximum Gasteiger partial charge on any atom is 0.276 e. The molecule has 0 radical (unpaired) electrons. The first kappa shape index (κ1) is 16.7. The zero-order valence-corrected chi connectivity index (χ0v) is 14.8.